The molecule has 0 spiro atoms. The van der Waals surface area contributed by atoms with Crippen LogP contribution in [0.5, 0.6) is 0 Å². The van der Waals surface area contributed by atoms with Crippen molar-refractivity contribution in [2.45, 2.75) is 6.04 Å². The lowest BCUT2D eigenvalue weighted by molar-refractivity contribution is -0.129. The smallest absolute Gasteiger partial charge is 0.271 e. The van der Waals surface area contributed by atoms with Crippen LogP contribution in [0.1, 0.15) is 0 Å². The Hall–Kier alpha value is -2.93. The van der Waals surface area contributed by atoms with Crippen molar-refractivity contribution in [1.82, 2.24) is 19.8 Å². The predicted octanol–water partition coefficient (Wildman–Crippen LogP) is 1.18. The third-order valence-corrected chi connectivity index (χ3v) is 4.15. The highest BCUT2D eigenvalue weighted by atomic mass is 16.2. The van der Waals surface area contributed by atoms with Crippen molar-refractivity contribution in [3.8, 4) is 11.3 Å². The Morgan fingerprint density at radius 1 is 1.42 bits per heavy atom. The van der Waals surface area contributed by atoms with Gasteiger partial charge in [0.05, 0.1) is 11.7 Å². The summed E-state index contributed by atoms with van der Waals surface area (Å²) in [5.74, 6) is 0.000968. The van der Waals surface area contributed by atoms with E-state index in [1.807, 2.05) is 43.3 Å². The lowest BCUT2D eigenvalue weighted by Crippen LogP contribution is -2.57. The minimum absolute atomic E-state index is 0.000968. The lowest BCUT2D eigenvalue weighted by atomic mass is 10.1. The molecular formula is C19H23N5O2. The van der Waals surface area contributed by atoms with Crippen LogP contribution in [-0.2, 0) is 4.79 Å². The van der Waals surface area contributed by atoms with Gasteiger partial charge >= 0.3 is 0 Å². The van der Waals surface area contributed by atoms with Crippen LogP contribution in [-0.4, -0.2) is 65.4 Å². The summed E-state index contributed by atoms with van der Waals surface area (Å²) in [4.78, 5) is 34.9. The number of hydrogen-bond acceptors (Lipinski definition) is 5. The fourth-order valence-corrected chi connectivity index (χ4v) is 2.71. The molecule has 2 aromatic rings. The zero-order valence-corrected chi connectivity index (χ0v) is 15.0. The van der Waals surface area contributed by atoms with Gasteiger partial charge in [0, 0.05) is 43.7 Å². The van der Waals surface area contributed by atoms with E-state index in [-0.39, 0.29) is 17.5 Å². The monoisotopic (exact) mass is 353 g/mol. The molecule has 0 unspecified atom stereocenters. The molecule has 0 radical (unpaired) electrons. The van der Waals surface area contributed by atoms with E-state index in [0.717, 1.165) is 17.8 Å². The number of likely N-dealkylation sites (N-methyl/N-ethyl adjacent to an activating group) is 1. The number of aromatic amines is 1. The van der Waals surface area contributed by atoms with Gasteiger partial charge in [0.2, 0.25) is 5.91 Å². The average Bonchev–Trinajstić information content (AvgIpc) is 2.59. The molecule has 7 nitrogen and oxygen atoms in total. The number of H-pyrrole nitrogens is 1. The van der Waals surface area contributed by atoms with Crippen molar-refractivity contribution in [3.63, 3.8) is 0 Å². The summed E-state index contributed by atoms with van der Waals surface area (Å²) in [6.07, 6.45) is 6.82. The minimum atomic E-state index is -0.180. The first-order valence-corrected chi connectivity index (χ1v) is 8.54. The topological polar surface area (TPSA) is 81.3 Å². The largest absolute Gasteiger partial charge is 0.374 e. The van der Waals surface area contributed by atoms with Gasteiger partial charge in [-0.05, 0) is 32.3 Å². The number of pyridine rings is 2. The molecule has 26 heavy (non-hydrogen) atoms. The molecule has 2 N–H and O–H groups in total. The van der Waals surface area contributed by atoms with Crippen LogP contribution >= 0.6 is 0 Å². The van der Waals surface area contributed by atoms with E-state index >= 15 is 0 Å². The molecule has 1 aliphatic heterocycles. The van der Waals surface area contributed by atoms with E-state index in [9.17, 15) is 9.59 Å². The summed E-state index contributed by atoms with van der Waals surface area (Å²) >= 11 is 0. The number of nitrogens with one attached hydrogen (secondary N) is 2. The van der Waals surface area contributed by atoms with E-state index in [1.54, 1.807) is 29.4 Å². The number of nitrogens with zero attached hydrogens (tertiary/aromatic N) is 3. The zero-order valence-electron chi connectivity index (χ0n) is 15.0. The summed E-state index contributed by atoms with van der Waals surface area (Å²) in [5, 5.41) is 3.22. The lowest BCUT2D eigenvalue weighted by Gasteiger charge is -2.39. The zero-order chi connectivity index (χ0) is 18.5. The first-order chi connectivity index (χ1) is 12.5. The molecule has 136 valence electrons. The van der Waals surface area contributed by atoms with Gasteiger partial charge in [0.25, 0.3) is 5.56 Å². The molecule has 0 aromatic carbocycles. The second-order valence-electron chi connectivity index (χ2n) is 6.60. The van der Waals surface area contributed by atoms with E-state index in [0.29, 0.717) is 18.8 Å². The Bertz CT molecular complexity index is 839. The second-order valence-corrected chi connectivity index (χ2v) is 6.60. The quantitative estimate of drug-likeness (QED) is 0.762. The van der Waals surface area contributed by atoms with Crippen molar-refractivity contribution in [1.29, 1.82) is 0 Å². The number of amides is 1. The second kappa shape index (κ2) is 7.97. The molecule has 3 heterocycles. The Morgan fingerprint density at radius 2 is 2.23 bits per heavy atom. The van der Waals surface area contributed by atoms with Crippen molar-refractivity contribution >= 4 is 11.6 Å². The van der Waals surface area contributed by atoms with Crippen LogP contribution < -0.4 is 10.9 Å². The van der Waals surface area contributed by atoms with Crippen LogP contribution in [0.15, 0.2) is 53.6 Å². The molecule has 0 saturated carbocycles. The van der Waals surface area contributed by atoms with Crippen LogP contribution in [0, 0.1) is 0 Å². The molecule has 1 fully saturated rings. The highest BCUT2D eigenvalue weighted by Gasteiger charge is 2.29. The van der Waals surface area contributed by atoms with Gasteiger partial charge in [-0.2, -0.15) is 0 Å². The molecule has 0 atom stereocenters. The normalized spacial score (nSPS) is 14.7. The average molecular weight is 353 g/mol. The fourth-order valence-electron chi connectivity index (χ4n) is 2.71. The molecular weight excluding hydrogens is 330 g/mol. The van der Waals surface area contributed by atoms with E-state index in [2.05, 4.69) is 15.3 Å². The van der Waals surface area contributed by atoms with Crippen molar-refractivity contribution in [2.75, 3.05) is 39.0 Å². The molecule has 0 bridgehead atoms. The molecule has 1 saturated heterocycles. The number of aromatic nitrogens is 2. The summed E-state index contributed by atoms with van der Waals surface area (Å²) in [6, 6.07) is 7.51. The number of hydrogen-bond donors (Lipinski definition) is 2. The SMILES string of the molecule is CN(C)C/C=C/C(=O)N1CC(Nc2cc(-c3ccccn3)c[nH]c2=O)C1. The summed E-state index contributed by atoms with van der Waals surface area (Å²) < 4.78 is 0. The molecule has 7 heteroatoms. The molecule has 0 aliphatic carbocycles. The van der Waals surface area contributed by atoms with Crippen LogP contribution in [0.3, 0.4) is 0 Å². The number of rotatable bonds is 6. The summed E-state index contributed by atoms with van der Waals surface area (Å²) in [7, 11) is 3.91. The van der Waals surface area contributed by atoms with Gasteiger partial charge in [-0.15, -0.1) is 0 Å². The Labute approximate surface area is 152 Å². The van der Waals surface area contributed by atoms with Gasteiger partial charge < -0.3 is 20.1 Å². The molecule has 2 aromatic heterocycles. The van der Waals surface area contributed by atoms with E-state index in [4.69, 9.17) is 0 Å². The maximum Gasteiger partial charge on any atom is 0.271 e. The van der Waals surface area contributed by atoms with Crippen LogP contribution in [0.4, 0.5) is 5.69 Å². The van der Waals surface area contributed by atoms with E-state index < -0.39 is 0 Å². The first kappa shape index (κ1) is 17.9. The number of carbonyl (C=O) groups is 1. The van der Waals surface area contributed by atoms with Crippen molar-refractivity contribution in [3.05, 3.63) is 59.2 Å². The first-order valence-electron chi connectivity index (χ1n) is 8.54. The van der Waals surface area contributed by atoms with Gasteiger partial charge in [-0.25, -0.2) is 0 Å². The van der Waals surface area contributed by atoms with Gasteiger partial charge in [-0.1, -0.05) is 12.1 Å². The Morgan fingerprint density at radius 3 is 2.92 bits per heavy atom. The Balaban J connectivity index is 1.59. The van der Waals surface area contributed by atoms with Crippen molar-refractivity contribution in [2.24, 2.45) is 0 Å². The maximum absolute atomic E-state index is 12.1. The van der Waals surface area contributed by atoms with Crippen LogP contribution in [0.2, 0.25) is 0 Å². The predicted molar refractivity (Wildman–Crippen MR) is 102 cm³/mol. The van der Waals surface area contributed by atoms with E-state index in [1.165, 1.54) is 0 Å². The summed E-state index contributed by atoms with van der Waals surface area (Å²) in [6.45, 7) is 1.90. The third-order valence-electron chi connectivity index (χ3n) is 4.15. The fraction of sp³-hybridized carbons (Fsp3) is 0.316. The number of carbonyl (C=O) groups excluding carboxylic acids is 1. The highest BCUT2D eigenvalue weighted by molar-refractivity contribution is 5.88. The number of anilines is 1. The van der Waals surface area contributed by atoms with Gasteiger partial charge in [0.15, 0.2) is 0 Å². The van der Waals surface area contributed by atoms with Gasteiger partial charge in [0.1, 0.15) is 5.69 Å². The summed E-state index contributed by atoms with van der Waals surface area (Å²) in [5.41, 5.74) is 1.95. The van der Waals surface area contributed by atoms with Gasteiger partial charge in [-0.3, -0.25) is 14.6 Å². The third kappa shape index (κ3) is 4.37. The van der Waals surface area contributed by atoms with Crippen molar-refractivity contribution < 1.29 is 4.79 Å². The highest BCUT2D eigenvalue weighted by Crippen LogP contribution is 2.19. The number of likely N-dealkylation sites (tertiary alicyclic amines) is 1. The molecule has 1 aliphatic rings. The minimum Gasteiger partial charge on any atom is -0.374 e. The standard InChI is InChI=1S/C19H23N5O2/c1-23(2)9-5-7-18(25)24-12-15(13-24)22-17-10-14(11-21-19(17)26)16-6-3-4-8-20-16/h3-8,10-11,15,22H,9,12-13H2,1-2H3,(H,21,26)/b7-5+. The Kier molecular flexibility index (Phi) is 5.48. The molecule has 1 amide bonds. The van der Waals surface area contributed by atoms with Crippen LogP contribution in [0.25, 0.3) is 11.3 Å². The maximum atomic E-state index is 12.1. The molecule has 3 rings (SSSR count).